The van der Waals surface area contributed by atoms with Crippen molar-refractivity contribution >= 4 is 22.0 Å². The monoisotopic (exact) mass is 305 g/mol. The van der Waals surface area contributed by atoms with Crippen molar-refractivity contribution in [2.45, 2.75) is 24.3 Å². The van der Waals surface area contributed by atoms with Gasteiger partial charge in [-0.25, -0.2) is 12.8 Å². The lowest BCUT2D eigenvalue weighted by Crippen LogP contribution is -2.42. The Morgan fingerprint density at radius 1 is 1.35 bits per heavy atom. The number of aryl methyl sites for hydroxylation is 1. The van der Waals surface area contributed by atoms with Crippen LogP contribution in [0.25, 0.3) is 0 Å². The van der Waals surface area contributed by atoms with Crippen LogP contribution >= 0.6 is 0 Å². The minimum absolute atomic E-state index is 0.207. The molecule has 0 aliphatic carbocycles. The van der Waals surface area contributed by atoms with Gasteiger partial charge in [-0.3, -0.25) is 9.59 Å². The summed E-state index contributed by atoms with van der Waals surface area (Å²) in [6.07, 6.45) is -0.928. The second-order valence-corrected chi connectivity index (χ2v) is 5.70. The molecule has 0 fully saturated rings. The highest BCUT2D eigenvalue weighted by Gasteiger charge is 2.28. The van der Waals surface area contributed by atoms with Gasteiger partial charge in [0.15, 0.2) is 0 Å². The fourth-order valence-corrected chi connectivity index (χ4v) is 2.91. The molecule has 3 N–H and O–H groups in total. The van der Waals surface area contributed by atoms with E-state index in [2.05, 4.69) is 0 Å². The quantitative estimate of drug-likeness (QED) is 0.697. The lowest BCUT2D eigenvalue weighted by molar-refractivity contribution is -0.145. The van der Waals surface area contributed by atoms with Crippen molar-refractivity contribution in [1.29, 1.82) is 0 Å². The Morgan fingerprint density at radius 2 is 1.95 bits per heavy atom. The molecule has 0 radical (unpaired) electrons. The van der Waals surface area contributed by atoms with Crippen molar-refractivity contribution in [3.63, 3.8) is 0 Å². The molecule has 0 aliphatic rings. The number of rotatable bonds is 6. The van der Waals surface area contributed by atoms with Crippen LogP contribution in [0.4, 0.5) is 4.39 Å². The van der Waals surface area contributed by atoms with Crippen LogP contribution in [0, 0.1) is 12.7 Å². The number of hydrogen-bond acceptors (Lipinski definition) is 4. The summed E-state index contributed by atoms with van der Waals surface area (Å²) in [4.78, 5) is 20.9. The number of aliphatic carboxylic acids is 2. The molecular weight excluding hydrogens is 293 g/mol. The first-order valence-corrected chi connectivity index (χ1v) is 6.85. The molecule has 0 spiro atoms. The van der Waals surface area contributed by atoms with Gasteiger partial charge >= 0.3 is 11.9 Å². The first-order chi connectivity index (χ1) is 9.13. The average molecular weight is 305 g/mol. The molecular formula is C11H12FNO6S. The number of carboxylic acid groups (broad SMARTS) is 2. The van der Waals surface area contributed by atoms with Gasteiger partial charge in [-0.2, -0.15) is 4.72 Å². The van der Waals surface area contributed by atoms with Crippen LogP contribution in [0.15, 0.2) is 23.1 Å². The molecule has 0 bridgehead atoms. The van der Waals surface area contributed by atoms with E-state index < -0.39 is 45.1 Å². The highest BCUT2D eigenvalue weighted by atomic mass is 32.2. The summed E-state index contributed by atoms with van der Waals surface area (Å²) in [6.45, 7) is 1.40. The molecule has 1 aromatic carbocycles. The van der Waals surface area contributed by atoms with E-state index in [-0.39, 0.29) is 5.56 Å². The Labute approximate surface area is 114 Å². The van der Waals surface area contributed by atoms with Crippen molar-refractivity contribution in [2.24, 2.45) is 0 Å². The first-order valence-electron chi connectivity index (χ1n) is 5.36. The third-order valence-electron chi connectivity index (χ3n) is 2.41. The number of carbonyl (C=O) groups is 2. The van der Waals surface area contributed by atoms with Gasteiger partial charge in [-0.15, -0.1) is 0 Å². The van der Waals surface area contributed by atoms with E-state index in [1.807, 2.05) is 0 Å². The molecule has 110 valence electrons. The van der Waals surface area contributed by atoms with E-state index in [4.69, 9.17) is 10.2 Å². The Hall–Kier alpha value is -2.00. The fourth-order valence-electron chi connectivity index (χ4n) is 1.47. The highest BCUT2D eigenvalue weighted by molar-refractivity contribution is 7.89. The van der Waals surface area contributed by atoms with E-state index in [1.54, 1.807) is 4.72 Å². The third kappa shape index (κ3) is 4.00. The van der Waals surface area contributed by atoms with Crippen LogP contribution in [-0.4, -0.2) is 36.6 Å². The number of hydrogen-bond donors (Lipinski definition) is 3. The normalized spacial score (nSPS) is 12.9. The van der Waals surface area contributed by atoms with Gasteiger partial charge < -0.3 is 10.2 Å². The second-order valence-electron chi connectivity index (χ2n) is 4.02. The lowest BCUT2D eigenvalue weighted by Gasteiger charge is -2.14. The summed E-state index contributed by atoms with van der Waals surface area (Å²) >= 11 is 0. The Bertz CT molecular complexity index is 642. The molecule has 0 saturated heterocycles. The predicted octanol–water partition coefficient (Wildman–Crippen LogP) is 0.340. The average Bonchev–Trinajstić information content (AvgIpc) is 2.30. The number of nitrogens with one attached hydrogen (secondary N) is 1. The summed E-state index contributed by atoms with van der Waals surface area (Å²) in [5.41, 5.74) is 0.207. The molecule has 1 aromatic rings. The Balaban J connectivity index is 3.12. The van der Waals surface area contributed by atoms with Gasteiger partial charge in [-0.05, 0) is 24.6 Å². The summed E-state index contributed by atoms with van der Waals surface area (Å²) in [5, 5.41) is 17.3. The van der Waals surface area contributed by atoms with E-state index in [0.29, 0.717) is 0 Å². The molecule has 1 atom stereocenters. The van der Waals surface area contributed by atoms with Crippen LogP contribution in [-0.2, 0) is 19.6 Å². The summed E-state index contributed by atoms with van der Waals surface area (Å²) in [7, 11) is -4.34. The van der Waals surface area contributed by atoms with Crippen molar-refractivity contribution in [2.75, 3.05) is 0 Å². The molecule has 0 aromatic heterocycles. The Morgan fingerprint density at radius 3 is 2.45 bits per heavy atom. The standard InChI is InChI=1S/C11H12FNO6S/c1-6-2-3-7(12)4-9(6)20(18,19)13-8(11(16)17)5-10(14)15/h2-4,8,13H,5H2,1H3,(H,14,15)(H,16,17). The zero-order valence-corrected chi connectivity index (χ0v) is 11.1. The van der Waals surface area contributed by atoms with Crippen molar-refractivity contribution in [3.05, 3.63) is 29.6 Å². The second kappa shape index (κ2) is 5.97. The highest BCUT2D eigenvalue weighted by Crippen LogP contribution is 2.17. The van der Waals surface area contributed by atoms with E-state index >= 15 is 0 Å². The molecule has 0 amide bonds. The van der Waals surface area contributed by atoms with Gasteiger partial charge in [0.2, 0.25) is 10.0 Å². The van der Waals surface area contributed by atoms with Crippen molar-refractivity contribution in [3.8, 4) is 0 Å². The van der Waals surface area contributed by atoms with Crippen LogP contribution in [0.1, 0.15) is 12.0 Å². The van der Waals surface area contributed by atoms with E-state index in [0.717, 1.165) is 12.1 Å². The summed E-state index contributed by atoms with van der Waals surface area (Å²) in [6, 6.07) is 1.18. The van der Waals surface area contributed by atoms with E-state index in [9.17, 15) is 22.4 Å². The largest absolute Gasteiger partial charge is 0.481 e. The summed E-state index contributed by atoms with van der Waals surface area (Å²) in [5.74, 6) is -3.91. The van der Waals surface area contributed by atoms with Crippen LogP contribution in [0.5, 0.6) is 0 Å². The molecule has 1 unspecified atom stereocenters. The lowest BCUT2D eigenvalue weighted by atomic mass is 10.2. The SMILES string of the molecule is Cc1ccc(F)cc1S(=O)(=O)NC(CC(=O)O)C(=O)O. The van der Waals surface area contributed by atoms with Gasteiger partial charge in [0.05, 0.1) is 11.3 Å². The van der Waals surface area contributed by atoms with Gasteiger partial charge in [0.25, 0.3) is 0 Å². The number of benzene rings is 1. The molecule has 0 heterocycles. The number of halogens is 1. The van der Waals surface area contributed by atoms with Crippen LogP contribution in [0.3, 0.4) is 0 Å². The molecule has 20 heavy (non-hydrogen) atoms. The summed E-state index contributed by atoms with van der Waals surface area (Å²) < 4.78 is 38.7. The maximum atomic E-state index is 13.1. The fraction of sp³-hybridized carbons (Fsp3) is 0.273. The minimum Gasteiger partial charge on any atom is -0.481 e. The smallest absolute Gasteiger partial charge is 0.322 e. The molecule has 9 heteroatoms. The maximum Gasteiger partial charge on any atom is 0.322 e. The maximum absolute atomic E-state index is 13.1. The first kappa shape index (κ1) is 16.1. The molecule has 7 nitrogen and oxygen atoms in total. The molecule has 0 saturated carbocycles. The minimum atomic E-state index is -4.34. The van der Waals surface area contributed by atoms with E-state index in [1.165, 1.54) is 13.0 Å². The molecule has 1 rings (SSSR count). The van der Waals surface area contributed by atoms with Crippen LogP contribution < -0.4 is 4.72 Å². The van der Waals surface area contributed by atoms with Crippen molar-refractivity contribution in [1.82, 2.24) is 4.72 Å². The van der Waals surface area contributed by atoms with Crippen LogP contribution in [0.2, 0.25) is 0 Å². The number of carboxylic acids is 2. The topological polar surface area (TPSA) is 121 Å². The molecule has 0 aliphatic heterocycles. The zero-order chi connectivity index (χ0) is 15.5. The van der Waals surface area contributed by atoms with Gasteiger partial charge in [0.1, 0.15) is 11.9 Å². The third-order valence-corrected chi connectivity index (χ3v) is 4.03. The van der Waals surface area contributed by atoms with Gasteiger partial charge in [-0.1, -0.05) is 6.07 Å². The van der Waals surface area contributed by atoms with Crippen molar-refractivity contribution < 1.29 is 32.6 Å². The number of sulfonamides is 1. The predicted molar refractivity (Wildman–Crippen MR) is 65.1 cm³/mol. The zero-order valence-electron chi connectivity index (χ0n) is 10.3. The van der Waals surface area contributed by atoms with Gasteiger partial charge in [0, 0.05) is 0 Å². The Kier molecular flexibility index (Phi) is 4.79.